The van der Waals surface area contributed by atoms with Gasteiger partial charge in [0.15, 0.2) is 0 Å². The second-order valence-electron chi connectivity index (χ2n) is 8.95. The fourth-order valence-electron chi connectivity index (χ4n) is 4.29. The van der Waals surface area contributed by atoms with Gasteiger partial charge in [-0.05, 0) is 42.8 Å². The van der Waals surface area contributed by atoms with Gasteiger partial charge in [0.1, 0.15) is 17.3 Å². The number of rotatable bonds is 10. The van der Waals surface area contributed by atoms with E-state index in [0.29, 0.717) is 46.9 Å². The van der Waals surface area contributed by atoms with E-state index in [1.54, 1.807) is 18.2 Å². The first-order valence-corrected chi connectivity index (χ1v) is 13.1. The van der Waals surface area contributed by atoms with E-state index in [1.165, 1.54) is 12.1 Å². The molecule has 3 heterocycles. The molecule has 1 amide bonds. The van der Waals surface area contributed by atoms with Crippen molar-refractivity contribution in [1.82, 2.24) is 24.8 Å². The number of pyridine rings is 1. The van der Waals surface area contributed by atoms with Gasteiger partial charge in [-0.3, -0.25) is 14.9 Å². The maximum absolute atomic E-state index is 13.3. The lowest BCUT2D eigenvalue weighted by Gasteiger charge is -2.10. The van der Waals surface area contributed by atoms with E-state index in [-0.39, 0.29) is 24.0 Å². The molecule has 0 spiro atoms. The molecule has 0 aliphatic heterocycles. The van der Waals surface area contributed by atoms with Crippen LogP contribution >= 0.6 is 23.2 Å². The number of hydrogen-bond donors (Lipinski definition) is 4. The Morgan fingerprint density at radius 2 is 1.93 bits per heavy atom. The first-order chi connectivity index (χ1) is 19.3. The van der Waals surface area contributed by atoms with E-state index >= 15 is 0 Å². The molecule has 11 nitrogen and oxygen atoms in total. The SMILES string of the molecule is Nc1nc(NCCCn2cc(-c3ccc(Cl)cc3Cl)cc2C(=O)NCc2nc3ccccc3[nH]2)ccc1[N+](=O)[O-]. The summed E-state index contributed by atoms with van der Waals surface area (Å²) in [7, 11) is 0. The van der Waals surface area contributed by atoms with E-state index in [0.717, 1.165) is 22.2 Å². The number of carbonyl (C=O) groups is 1. The van der Waals surface area contributed by atoms with Crippen molar-refractivity contribution in [2.24, 2.45) is 0 Å². The standard InChI is InChI=1S/C27H24Cl2N8O3/c28-17-6-7-18(19(29)13-17)16-12-23(27(38)32-14-25-33-20-4-1-2-5-21(20)34-25)36(15-16)11-3-10-31-24-9-8-22(37(39)40)26(30)35-24/h1-2,4-9,12-13,15H,3,10-11,14H2,(H,32,38)(H,33,34)(H3,30,31,35). The Balaban J connectivity index is 1.30. The van der Waals surface area contributed by atoms with Crippen LogP contribution in [0.2, 0.25) is 10.0 Å². The second-order valence-corrected chi connectivity index (χ2v) is 9.80. The number of nitro groups is 1. The Kier molecular flexibility index (Phi) is 7.85. The molecule has 0 atom stereocenters. The predicted octanol–water partition coefficient (Wildman–Crippen LogP) is 5.66. The Hall–Kier alpha value is -4.61. The molecule has 3 aromatic heterocycles. The zero-order valence-electron chi connectivity index (χ0n) is 21.0. The topological polar surface area (TPSA) is 157 Å². The summed E-state index contributed by atoms with van der Waals surface area (Å²) in [6, 6.07) is 17.5. The maximum Gasteiger partial charge on any atom is 0.311 e. The van der Waals surface area contributed by atoms with Crippen molar-refractivity contribution in [3.8, 4) is 11.1 Å². The van der Waals surface area contributed by atoms with Crippen LogP contribution < -0.4 is 16.4 Å². The molecule has 0 saturated heterocycles. The highest BCUT2D eigenvalue weighted by molar-refractivity contribution is 6.36. The first-order valence-electron chi connectivity index (χ1n) is 12.3. The van der Waals surface area contributed by atoms with Crippen molar-refractivity contribution in [1.29, 1.82) is 0 Å². The van der Waals surface area contributed by atoms with Crippen molar-refractivity contribution >= 4 is 57.5 Å². The lowest BCUT2D eigenvalue weighted by Crippen LogP contribution is -2.26. The Morgan fingerprint density at radius 3 is 2.67 bits per heavy atom. The number of H-pyrrole nitrogens is 1. The molecule has 0 aliphatic rings. The summed E-state index contributed by atoms with van der Waals surface area (Å²) in [4.78, 5) is 35.4. The van der Waals surface area contributed by atoms with Crippen LogP contribution in [0.5, 0.6) is 0 Å². The molecule has 5 N–H and O–H groups in total. The molecular formula is C27H24Cl2N8O3. The lowest BCUT2D eigenvalue weighted by atomic mass is 10.1. The van der Waals surface area contributed by atoms with E-state index < -0.39 is 4.92 Å². The summed E-state index contributed by atoms with van der Waals surface area (Å²) in [6.45, 7) is 1.21. The van der Waals surface area contributed by atoms with Crippen LogP contribution in [0.3, 0.4) is 0 Å². The first kappa shape index (κ1) is 27.0. The molecular weight excluding hydrogens is 555 g/mol. The summed E-state index contributed by atoms with van der Waals surface area (Å²) in [6.07, 6.45) is 2.48. The fourth-order valence-corrected chi connectivity index (χ4v) is 4.80. The number of nitrogen functional groups attached to an aromatic ring is 1. The minimum atomic E-state index is -0.580. The predicted molar refractivity (Wildman–Crippen MR) is 156 cm³/mol. The number of nitrogens with one attached hydrogen (secondary N) is 3. The average Bonchev–Trinajstić information content (AvgIpc) is 3.54. The number of nitrogens with two attached hydrogens (primary N) is 1. The van der Waals surface area contributed by atoms with Crippen LogP contribution in [0.4, 0.5) is 17.3 Å². The Morgan fingerprint density at radius 1 is 1.10 bits per heavy atom. The molecule has 40 heavy (non-hydrogen) atoms. The third-order valence-electron chi connectivity index (χ3n) is 6.21. The number of nitrogens with zero attached hydrogens (tertiary/aromatic N) is 4. The van der Waals surface area contributed by atoms with Crippen LogP contribution in [0, 0.1) is 10.1 Å². The quantitative estimate of drug-likeness (QED) is 0.0945. The van der Waals surface area contributed by atoms with Crippen LogP contribution in [-0.2, 0) is 13.1 Å². The average molecular weight is 579 g/mol. The molecule has 13 heteroatoms. The van der Waals surface area contributed by atoms with Gasteiger partial charge >= 0.3 is 5.69 Å². The molecule has 0 unspecified atom stereocenters. The molecule has 2 aromatic carbocycles. The van der Waals surface area contributed by atoms with E-state index in [4.69, 9.17) is 28.9 Å². The van der Waals surface area contributed by atoms with E-state index in [2.05, 4.69) is 25.6 Å². The van der Waals surface area contributed by atoms with Gasteiger partial charge < -0.3 is 25.9 Å². The van der Waals surface area contributed by atoms with E-state index in [9.17, 15) is 14.9 Å². The number of carbonyl (C=O) groups excluding carboxylic acids is 1. The van der Waals surface area contributed by atoms with Crippen molar-refractivity contribution < 1.29 is 9.72 Å². The molecule has 0 bridgehead atoms. The molecule has 0 saturated carbocycles. The number of benzene rings is 2. The summed E-state index contributed by atoms with van der Waals surface area (Å²) in [5, 5.41) is 18.0. The molecule has 5 rings (SSSR count). The Bertz CT molecular complexity index is 1680. The number of aryl methyl sites for hydroxylation is 1. The van der Waals surface area contributed by atoms with Gasteiger partial charge in [-0.1, -0.05) is 41.4 Å². The number of aromatic nitrogens is 4. The normalized spacial score (nSPS) is 11.1. The highest BCUT2D eigenvalue weighted by Gasteiger charge is 2.17. The molecule has 0 aliphatic carbocycles. The molecule has 0 fully saturated rings. The number of aromatic amines is 1. The van der Waals surface area contributed by atoms with Crippen LogP contribution in [0.15, 0.2) is 66.9 Å². The number of fused-ring (bicyclic) bond motifs is 1. The Labute approximate surface area is 238 Å². The maximum atomic E-state index is 13.3. The lowest BCUT2D eigenvalue weighted by molar-refractivity contribution is -0.384. The van der Waals surface area contributed by atoms with Gasteiger partial charge in [0, 0.05) is 46.5 Å². The minimum absolute atomic E-state index is 0.159. The molecule has 5 aromatic rings. The molecule has 0 radical (unpaired) electrons. The van der Waals surface area contributed by atoms with Crippen LogP contribution in [-0.4, -0.2) is 36.9 Å². The number of hydrogen-bond acceptors (Lipinski definition) is 7. The third-order valence-corrected chi connectivity index (χ3v) is 6.75. The minimum Gasteiger partial charge on any atom is -0.378 e. The van der Waals surface area contributed by atoms with Gasteiger partial charge in [-0.2, -0.15) is 0 Å². The zero-order valence-corrected chi connectivity index (χ0v) is 22.5. The largest absolute Gasteiger partial charge is 0.378 e. The van der Waals surface area contributed by atoms with Crippen molar-refractivity contribution in [3.63, 3.8) is 0 Å². The highest BCUT2D eigenvalue weighted by Crippen LogP contribution is 2.32. The summed E-state index contributed by atoms with van der Waals surface area (Å²) >= 11 is 12.5. The molecule has 204 valence electrons. The van der Waals surface area contributed by atoms with E-state index in [1.807, 2.05) is 41.1 Å². The van der Waals surface area contributed by atoms with Gasteiger partial charge in [-0.15, -0.1) is 0 Å². The van der Waals surface area contributed by atoms with Crippen LogP contribution in [0.1, 0.15) is 22.7 Å². The third kappa shape index (κ3) is 6.00. The van der Waals surface area contributed by atoms with Gasteiger partial charge in [0.25, 0.3) is 5.91 Å². The monoisotopic (exact) mass is 578 g/mol. The fraction of sp³-hybridized carbons (Fsp3) is 0.148. The summed E-state index contributed by atoms with van der Waals surface area (Å²) in [5.41, 5.74) is 9.13. The summed E-state index contributed by atoms with van der Waals surface area (Å²) in [5.74, 6) is 0.642. The highest BCUT2D eigenvalue weighted by atomic mass is 35.5. The zero-order chi connectivity index (χ0) is 28.2. The van der Waals surface area contributed by atoms with Gasteiger partial charge in [0.2, 0.25) is 5.82 Å². The number of amides is 1. The number of imidazole rings is 1. The number of halogens is 2. The number of anilines is 2. The number of para-hydroxylation sites is 2. The van der Waals surface area contributed by atoms with Crippen LogP contribution in [0.25, 0.3) is 22.2 Å². The van der Waals surface area contributed by atoms with Crippen molar-refractivity contribution in [2.75, 3.05) is 17.6 Å². The van der Waals surface area contributed by atoms with Crippen molar-refractivity contribution in [2.45, 2.75) is 19.5 Å². The van der Waals surface area contributed by atoms with Crippen molar-refractivity contribution in [3.05, 3.63) is 98.5 Å². The van der Waals surface area contributed by atoms with Gasteiger partial charge in [0.05, 0.1) is 22.5 Å². The summed E-state index contributed by atoms with van der Waals surface area (Å²) < 4.78 is 1.85. The van der Waals surface area contributed by atoms with Gasteiger partial charge in [-0.25, -0.2) is 9.97 Å². The smallest absolute Gasteiger partial charge is 0.311 e. The second kappa shape index (κ2) is 11.6.